The lowest BCUT2D eigenvalue weighted by molar-refractivity contribution is 0.185. The van der Waals surface area contributed by atoms with E-state index in [4.69, 9.17) is 10.5 Å². The molecule has 0 aromatic heterocycles. The third kappa shape index (κ3) is 5.68. The normalized spacial score (nSPS) is 15.6. The van der Waals surface area contributed by atoms with Gasteiger partial charge in [0.05, 0.1) is 13.2 Å². The molecular formula is C21H28FN5O. The van der Waals surface area contributed by atoms with Gasteiger partial charge >= 0.3 is 0 Å². The van der Waals surface area contributed by atoms with Gasteiger partial charge in [-0.25, -0.2) is 4.39 Å². The van der Waals surface area contributed by atoms with Crippen LogP contribution in [0.2, 0.25) is 0 Å². The van der Waals surface area contributed by atoms with Crippen LogP contribution < -0.4 is 16.0 Å². The molecule has 1 aliphatic rings. The number of halogens is 1. The summed E-state index contributed by atoms with van der Waals surface area (Å²) in [5.41, 5.74) is 9.07. The van der Waals surface area contributed by atoms with E-state index in [1.165, 1.54) is 12.1 Å². The number of guanidine groups is 1. The standard InChI is InChI=1S/C21H28FN5O/c1-28-16-17-4-2-3-5-20(17)25-21(23)24-10-11-26-12-14-27(15-13-26)19-8-6-18(22)7-9-19/h2-9H,10-16H2,1H3,(H3,23,24,25). The minimum Gasteiger partial charge on any atom is -0.380 e. The zero-order chi connectivity index (χ0) is 19.8. The first-order chi connectivity index (χ1) is 13.7. The van der Waals surface area contributed by atoms with Gasteiger partial charge in [-0.05, 0) is 30.3 Å². The molecule has 0 amide bonds. The SMILES string of the molecule is COCc1ccccc1NC(N)=NCCN1CCN(c2ccc(F)cc2)CC1. The first-order valence-corrected chi connectivity index (χ1v) is 9.52. The van der Waals surface area contributed by atoms with E-state index in [0.29, 0.717) is 19.1 Å². The van der Waals surface area contributed by atoms with Gasteiger partial charge in [-0.15, -0.1) is 0 Å². The first-order valence-electron chi connectivity index (χ1n) is 9.52. The number of hydrogen-bond acceptors (Lipinski definition) is 4. The highest BCUT2D eigenvalue weighted by Crippen LogP contribution is 2.17. The lowest BCUT2D eigenvalue weighted by Gasteiger charge is -2.35. The van der Waals surface area contributed by atoms with Crippen molar-refractivity contribution in [3.05, 3.63) is 59.9 Å². The molecule has 0 aliphatic carbocycles. The van der Waals surface area contributed by atoms with Gasteiger partial charge in [0.1, 0.15) is 5.82 Å². The Morgan fingerprint density at radius 3 is 2.54 bits per heavy atom. The second-order valence-electron chi connectivity index (χ2n) is 6.79. The maximum atomic E-state index is 13.1. The van der Waals surface area contributed by atoms with E-state index in [1.807, 2.05) is 36.4 Å². The summed E-state index contributed by atoms with van der Waals surface area (Å²) < 4.78 is 18.3. The molecule has 0 saturated carbocycles. The molecule has 7 heteroatoms. The van der Waals surface area contributed by atoms with Crippen molar-refractivity contribution in [3.8, 4) is 0 Å². The second-order valence-corrected chi connectivity index (χ2v) is 6.79. The summed E-state index contributed by atoms with van der Waals surface area (Å²) >= 11 is 0. The Bertz CT molecular complexity index is 773. The Morgan fingerprint density at radius 2 is 1.82 bits per heavy atom. The molecule has 0 atom stereocenters. The molecule has 0 unspecified atom stereocenters. The number of aliphatic imine (C=N–C) groups is 1. The van der Waals surface area contributed by atoms with Gasteiger partial charge in [-0.1, -0.05) is 18.2 Å². The van der Waals surface area contributed by atoms with Crippen molar-refractivity contribution in [2.24, 2.45) is 10.7 Å². The van der Waals surface area contributed by atoms with Crippen LogP contribution in [0.4, 0.5) is 15.8 Å². The molecule has 3 rings (SSSR count). The Hall–Kier alpha value is -2.64. The zero-order valence-corrected chi connectivity index (χ0v) is 16.3. The Kier molecular flexibility index (Phi) is 7.22. The number of nitrogens with two attached hydrogens (primary N) is 1. The Labute approximate surface area is 165 Å². The molecule has 0 bridgehead atoms. The molecule has 0 radical (unpaired) electrons. The zero-order valence-electron chi connectivity index (χ0n) is 16.3. The third-order valence-corrected chi connectivity index (χ3v) is 4.84. The molecular weight excluding hydrogens is 357 g/mol. The predicted molar refractivity (Wildman–Crippen MR) is 112 cm³/mol. The molecule has 3 N–H and O–H groups in total. The molecule has 1 heterocycles. The van der Waals surface area contributed by atoms with Gasteiger partial charge in [-0.2, -0.15) is 0 Å². The van der Waals surface area contributed by atoms with Crippen molar-refractivity contribution >= 4 is 17.3 Å². The number of ether oxygens (including phenoxy) is 1. The molecule has 6 nitrogen and oxygen atoms in total. The highest BCUT2D eigenvalue weighted by Gasteiger charge is 2.16. The van der Waals surface area contributed by atoms with Crippen LogP contribution in [-0.4, -0.2) is 57.2 Å². The molecule has 150 valence electrons. The number of para-hydroxylation sites is 1. The summed E-state index contributed by atoms with van der Waals surface area (Å²) in [6.07, 6.45) is 0. The summed E-state index contributed by atoms with van der Waals surface area (Å²) in [6.45, 7) is 5.78. The smallest absolute Gasteiger partial charge is 0.193 e. The summed E-state index contributed by atoms with van der Waals surface area (Å²) in [7, 11) is 1.67. The fraction of sp³-hybridized carbons (Fsp3) is 0.381. The highest BCUT2D eigenvalue weighted by molar-refractivity contribution is 5.92. The molecule has 1 saturated heterocycles. The van der Waals surface area contributed by atoms with Gasteiger partial charge < -0.3 is 20.7 Å². The Morgan fingerprint density at radius 1 is 1.11 bits per heavy atom. The van der Waals surface area contributed by atoms with Crippen molar-refractivity contribution < 1.29 is 9.13 Å². The lowest BCUT2D eigenvalue weighted by Crippen LogP contribution is -2.47. The van der Waals surface area contributed by atoms with Crippen LogP contribution in [0.5, 0.6) is 0 Å². The van der Waals surface area contributed by atoms with E-state index < -0.39 is 0 Å². The van der Waals surface area contributed by atoms with E-state index in [-0.39, 0.29) is 5.82 Å². The van der Waals surface area contributed by atoms with Crippen molar-refractivity contribution in [2.45, 2.75) is 6.61 Å². The topological polar surface area (TPSA) is 66.1 Å². The Balaban J connectivity index is 1.43. The van der Waals surface area contributed by atoms with E-state index in [2.05, 4.69) is 20.1 Å². The van der Waals surface area contributed by atoms with Gasteiger partial charge in [0, 0.05) is 56.8 Å². The second kappa shape index (κ2) is 10.1. The van der Waals surface area contributed by atoms with Gasteiger partial charge in [0.25, 0.3) is 0 Å². The van der Waals surface area contributed by atoms with Crippen LogP contribution in [0.3, 0.4) is 0 Å². The van der Waals surface area contributed by atoms with Crippen molar-refractivity contribution in [1.82, 2.24) is 4.90 Å². The van der Waals surface area contributed by atoms with E-state index in [0.717, 1.165) is 49.7 Å². The van der Waals surface area contributed by atoms with Crippen molar-refractivity contribution in [1.29, 1.82) is 0 Å². The van der Waals surface area contributed by atoms with Crippen LogP contribution in [-0.2, 0) is 11.3 Å². The van der Waals surface area contributed by atoms with E-state index >= 15 is 0 Å². The molecule has 1 aliphatic heterocycles. The molecule has 0 spiro atoms. The average Bonchev–Trinajstić information content (AvgIpc) is 2.71. The summed E-state index contributed by atoms with van der Waals surface area (Å²) in [5.74, 6) is 0.213. The quantitative estimate of drug-likeness (QED) is 0.566. The van der Waals surface area contributed by atoms with E-state index in [9.17, 15) is 4.39 Å². The molecule has 28 heavy (non-hydrogen) atoms. The van der Waals surface area contributed by atoms with E-state index in [1.54, 1.807) is 7.11 Å². The van der Waals surface area contributed by atoms with Crippen LogP contribution in [0, 0.1) is 5.82 Å². The van der Waals surface area contributed by atoms with Crippen molar-refractivity contribution in [3.63, 3.8) is 0 Å². The minimum absolute atomic E-state index is 0.198. The van der Waals surface area contributed by atoms with Crippen molar-refractivity contribution in [2.75, 3.05) is 56.6 Å². The minimum atomic E-state index is -0.198. The largest absolute Gasteiger partial charge is 0.380 e. The molecule has 2 aromatic carbocycles. The van der Waals surface area contributed by atoms with Crippen LogP contribution in [0.1, 0.15) is 5.56 Å². The third-order valence-electron chi connectivity index (χ3n) is 4.84. The highest BCUT2D eigenvalue weighted by atomic mass is 19.1. The first kappa shape index (κ1) is 20.1. The van der Waals surface area contributed by atoms with Gasteiger partial charge in [0.15, 0.2) is 5.96 Å². The fourth-order valence-electron chi connectivity index (χ4n) is 3.29. The van der Waals surface area contributed by atoms with Crippen LogP contribution in [0.25, 0.3) is 0 Å². The maximum Gasteiger partial charge on any atom is 0.193 e. The number of piperazine rings is 1. The average molecular weight is 385 g/mol. The number of benzene rings is 2. The number of hydrogen-bond donors (Lipinski definition) is 2. The number of nitrogens with zero attached hydrogens (tertiary/aromatic N) is 3. The van der Waals surface area contributed by atoms with Gasteiger partial charge in [0.2, 0.25) is 0 Å². The number of methoxy groups -OCH3 is 1. The summed E-state index contributed by atoms with van der Waals surface area (Å²) in [4.78, 5) is 9.10. The number of rotatable bonds is 7. The molecule has 1 fully saturated rings. The van der Waals surface area contributed by atoms with Crippen LogP contribution in [0.15, 0.2) is 53.5 Å². The summed E-state index contributed by atoms with van der Waals surface area (Å²) in [6, 6.07) is 14.6. The monoisotopic (exact) mass is 385 g/mol. The fourth-order valence-corrected chi connectivity index (χ4v) is 3.29. The molecule has 2 aromatic rings. The maximum absolute atomic E-state index is 13.1. The summed E-state index contributed by atoms with van der Waals surface area (Å²) in [5, 5.41) is 3.16. The van der Waals surface area contributed by atoms with Crippen LogP contribution >= 0.6 is 0 Å². The number of nitrogens with one attached hydrogen (secondary N) is 1. The van der Waals surface area contributed by atoms with Gasteiger partial charge in [-0.3, -0.25) is 9.89 Å². The predicted octanol–water partition coefficient (Wildman–Crippen LogP) is 2.52. The number of anilines is 2. The lowest BCUT2D eigenvalue weighted by atomic mass is 10.2.